The fraction of sp³-hybridized carbons (Fsp3) is 0.650. The molecule has 0 aromatic heterocycles. The van der Waals surface area contributed by atoms with E-state index < -0.39 is 5.60 Å². The lowest BCUT2D eigenvalue weighted by atomic mass is 9.85. The fourth-order valence-electron chi connectivity index (χ4n) is 3.32. The third kappa shape index (κ3) is 4.29. The molecule has 0 fully saturated rings. The molecule has 134 valence electrons. The monoisotopic (exact) mass is 332 g/mol. The summed E-state index contributed by atoms with van der Waals surface area (Å²) >= 11 is 0. The maximum Gasteiger partial charge on any atom is 0.410 e. The molecule has 2 rings (SSSR count). The number of nitrogens with zero attached hydrogens (tertiary/aromatic N) is 1. The molecule has 1 aromatic carbocycles. The molecule has 2 atom stereocenters. The number of nitrogens with one attached hydrogen (secondary N) is 1. The lowest BCUT2D eigenvalue weighted by Gasteiger charge is -2.33. The minimum Gasteiger partial charge on any atom is -0.444 e. The van der Waals surface area contributed by atoms with E-state index >= 15 is 0 Å². The fourth-order valence-corrected chi connectivity index (χ4v) is 3.32. The number of carbonyl (C=O) groups is 1. The van der Waals surface area contributed by atoms with Gasteiger partial charge in [-0.3, -0.25) is 0 Å². The maximum absolute atomic E-state index is 12.2. The van der Waals surface area contributed by atoms with Gasteiger partial charge in [-0.25, -0.2) is 4.79 Å². The van der Waals surface area contributed by atoms with Gasteiger partial charge in [0.1, 0.15) is 5.60 Å². The molecule has 2 unspecified atom stereocenters. The Labute approximate surface area is 146 Å². The van der Waals surface area contributed by atoms with Crippen LogP contribution < -0.4 is 5.32 Å². The molecule has 0 heterocycles. The van der Waals surface area contributed by atoms with Crippen molar-refractivity contribution in [2.75, 3.05) is 13.6 Å². The minimum atomic E-state index is -0.467. The predicted molar refractivity (Wildman–Crippen MR) is 98.1 cm³/mol. The molecule has 0 spiro atoms. The SMILES string of the molecule is CC(CNC1c2ccccc2CC1(C)C)N(C)C(=O)OC(C)(C)C. The van der Waals surface area contributed by atoms with Crippen molar-refractivity contribution < 1.29 is 9.53 Å². The summed E-state index contributed by atoms with van der Waals surface area (Å²) in [5.41, 5.74) is 2.52. The lowest BCUT2D eigenvalue weighted by molar-refractivity contribution is 0.0231. The number of hydrogen-bond donors (Lipinski definition) is 1. The first-order valence-electron chi connectivity index (χ1n) is 8.78. The van der Waals surface area contributed by atoms with Crippen LogP contribution in [-0.4, -0.2) is 36.2 Å². The highest BCUT2D eigenvalue weighted by atomic mass is 16.6. The molecule has 0 saturated carbocycles. The zero-order chi connectivity index (χ0) is 18.1. The van der Waals surface area contributed by atoms with Gasteiger partial charge in [0.25, 0.3) is 0 Å². The van der Waals surface area contributed by atoms with Gasteiger partial charge in [-0.2, -0.15) is 0 Å². The van der Waals surface area contributed by atoms with Crippen LogP contribution in [0.3, 0.4) is 0 Å². The quantitative estimate of drug-likeness (QED) is 0.900. The van der Waals surface area contributed by atoms with Gasteiger partial charge >= 0.3 is 6.09 Å². The standard InChI is InChI=1S/C20H32N2O2/c1-14(22(7)18(23)24-19(2,3)4)13-21-17-16-11-9-8-10-15(16)12-20(17,5)6/h8-11,14,17,21H,12-13H2,1-7H3. The molecule has 1 aromatic rings. The van der Waals surface area contributed by atoms with Gasteiger partial charge in [-0.1, -0.05) is 38.1 Å². The maximum atomic E-state index is 12.2. The summed E-state index contributed by atoms with van der Waals surface area (Å²) in [4.78, 5) is 13.9. The van der Waals surface area contributed by atoms with Crippen molar-refractivity contribution in [3.8, 4) is 0 Å². The number of benzene rings is 1. The first-order valence-corrected chi connectivity index (χ1v) is 8.78. The molecule has 24 heavy (non-hydrogen) atoms. The van der Waals surface area contributed by atoms with Crippen LogP contribution in [0.4, 0.5) is 4.79 Å². The van der Waals surface area contributed by atoms with Crippen molar-refractivity contribution >= 4 is 6.09 Å². The van der Waals surface area contributed by atoms with Crippen LogP contribution in [0, 0.1) is 5.41 Å². The Morgan fingerprint density at radius 1 is 1.38 bits per heavy atom. The number of rotatable bonds is 4. The third-order valence-corrected chi connectivity index (χ3v) is 4.75. The number of amides is 1. The molecule has 0 bridgehead atoms. The zero-order valence-electron chi connectivity index (χ0n) is 16.1. The number of ether oxygens (including phenoxy) is 1. The average Bonchev–Trinajstić information content (AvgIpc) is 2.71. The number of hydrogen-bond acceptors (Lipinski definition) is 3. The summed E-state index contributed by atoms with van der Waals surface area (Å²) in [6, 6.07) is 9.01. The van der Waals surface area contributed by atoms with E-state index in [0.717, 1.165) is 13.0 Å². The second-order valence-electron chi connectivity index (χ2n) is 8.65. The number of carbonyl (C=O) groups excluding carboxylic acids is 1. The molecule has 0 aliphatic heterocycles. The van der Waals surface area contributed by atoms with E-state index in [9.17, 15) is 4.79 Å². The van der Waals surface area contributed by atoms with Gasteiger partial charge in [0.15, 0.2) is 0 Å². The van der Waals surface area contributed by atoms with Crippen molar-refractivity contribution in [2.45, 2.75) is 65.6 Å². The van der Waals surface area contributed by atoms with Crippen molar-refractivity contribution in [1.82, 2.24) is 10.2 Å². The van der Waals surface area contributed by atoms with E-state index in [1.54, 1.807) is 11.9 Å². The van der Waals surface area contributed by atoms with Crippen LogP contribution in [-0.2, 0) is 11.2 Å². The van der Waals surface area contributed by atoms with Crippen LogP contribution in [0.5, 0.6) is 0 Å². The number of fused-ring (bicyclic) bond motifs is 1. The van der Waals surface area contributed by atoms with Gasteiger partial charge in [0.2, 0.25) is 0 Å². The second-order valence-corrected chi connectivity index (χ2v) is 8.65. The molecular weight excluding hydrogens is 300 g/mol. The topological polar surface area (TPSA) is 41.6 Å². The summed E-state index contributed by atoms with van der Waals surface area (Å²) in [6.45, 7) is 13.0. The van der Waals surface area contributed by atoms with Gasteiger partial charge in [-0.15, -0.1) is 0 Å². The van der Waals surface area contributed by atoms with E-state index in [0.29, 0.717) is 6.04 Å². The van der Waals surface area contributed by atoms with E-state index in [1.807, 2.05) is 27.7 Å². The Morgan fingerprint density at radius 3 is 2.62 bits per heavy atom. The third-order valence-electron chi connectivity index (χ3n) is 4.75. The van der Waals surface area contributed by atoms with Crippen molar-refractivity contribution in [3.63, 3.8) is 0 Å². The van der Waals surface area contributed by atoms with Gasteiger partial charge < -0.3 is 15.0 Å². The van der Waals surface area contributed by atoms with Crippen LogP contribution in [0.25, 0.3) is 0 Å². The molecule has 1 amide bonds. The van der Waals surface area contributed by atoms with Crippen LogP contribution in [0.1, 0.15) is 58.7 Å². The van der Waals surface area contributed by atoms with E-state index in [1.165, 1.54) is 11.1 Å². The van der Waals surface area contributed by atoms with Gasteiger partial charge in [-0.05, 0) is 50.7 Å². The van der Waals surface area contributed by atoms with Crippen LogP contribution in [0.15, 0.2) is 24.3 Å². The molecular formula is C20H32N2O2. The molecule has 4 heteroatoms. The van der Waals surface area contributed by atoms with Crippen LogP contribution in [0.2, 0.25) is 0 Å². The minimum absolute atomic E-state index is 0.0587. The molecule has 4 nitrogen and oxygen atoms in total. The molecule has 0 radical (unpaired) electrons. The molecule has 0 saturated heterocycles. The second kappa shape index (κ2) is 6.75. The zero-order valence-corrected chi connectivity index (χ0v) is 16.1. The highest BCUT2D eigenvalue weighted by Crippen LogP contribution is 2.44. The van der Waals surface area contributed by atoms with Crippen LogP contribution >= 0.6 is 0 Å². The normalized spacial score (nSPS) is 20.4. The van der Waals surface area contributed by atoms with Crippen molar-refractivity contribution in [3.05, 3.63) is 35.4 Å². The first kappa shape index (κ1) is 18.8. The first-order chi connectivity index (χ1) is 11.0. The summed E-state index contributed by atoms with van der Waals surface area (Å²) in [5, 5.41) is 3.68. The Morgan fingerprint density at radius 2 is 2.00 bits per heavy atom. The Balaban J connectivity index is 1.98. The van der Waals surface area contributed by atoms with Gasteiger partial charge in [0.05, 0.1) is 0 Å². The molecule has 1 aliphatic carbocycles. The summed E-state index contributed by atoms with van der Waals surface area (Å²) in [6.07, 6.45) is 0.805. The van der Waals surface area contributed by atoms with Crippen molar-refractivity contribution in [1.29, 1.82) is 0 Å². The predicted octanol–water partition coefficient (Wildman–Crippen LogP) is 4.16. The lowest BCUT2D eigenvalue weighted by Crippen LogP contribution is -2.45. The molecule has 1 aliphatic rings. The average molecular weight is 332 g/mol. The highest BCUT2D eigenvalue weighted by Gasteiger charge is 2.38. The number of likely N-dealkylation sites (N-methyl/N-ethyl adjacent to an activating group) is 1. The largest absolute Gasteiger partial charge is 0.444 e. The Kier molecular flexibility index (Phi) is 5.28. The van der Waals surface area contributed by atoms with Crippen molar-refractivity contribution in [2.24, 2.45) is 5.41 Å². The Bertz CT molecular complexity index is 590. The van der Waals surface area contributed by atoms with E-state index in [-0.39, 0.29) is 17.6 Å². The highest BCUT2D eigenvalue weighted by molar-refractivity contribution is 5.68. The smallest absolute Gasteiger partial charge is 0.410 e. The summed E-state index contributed by atoms with van der Waals surface area (Å²) < 4.78 is 5.45. The Hall–Kier alpha value is -1.55. The van der Waals surface area contributed by atoms with E-state index in [4.69, 9.17) is 4.74 Å². The van der Waals surface area contributed by atoms with Gasteiger partial charge in [0, 0.05) is 25.7 Å². The summed E-state index contributed by atoms with van der Waals surface area (Å²) in [7, 11) is 1.80. The molecule has 1 N–H and O–H groups in total. The summed E-state index contributed by atoms with van der Waals surface area (Å²) in [5.74, 6) is 0. The van der Waals surface area contributed by atoms with E-state index in [2.05, 4.69) is 43.4 Å².